The second-order valence-electron chi connectivity index (χ2n) is 6.99. The third kappa shape index (κ3) is 4.43. The van der Waals surface area contributed by atoms with E-state index in [0.717, 1.165) is 6.54 Å². The number of piperazine rings is 1. The second kappa shape index (κ2) is 6.62. The topological polar surface area (TPSA) is 15.3 Å². The zero-order valence-corrected chi connectivity index (χ0v) is 14.0. The molecule has 108 valence electrons. The number of thioether (sulfide) groups is 1. The van der Waals surface area contributed by atoms with Crippen molar-refractivity contribution in [2.24, 2.45) is 5.41 Å². The fourth-order valence-corrected chi connectivity index (χ4v) is 3.24. The fraction of sp³-hybridized carbons (Fsp3) is 1.00. The first-order valence-corrected chi connectivity index (χ1v) is 8.70. The van der Waals surface area contributed by atoms with Gasteiger partial charge in [-0.3, -0.25) is 4.90 Å². The number of nitrogens with zero attached hydrogens (tertiary/aromatic N) is 1. The summed E-state index contributed by atoms with van der Waals surface area (Å²) in [7, 11) is 0. The number of rotatable bonds is 5. The van der Waals surface area contributed by atoms with Crippen molar-refractivity contribution < 1.29 is 0 Å². The Morgan fingerprint density at radius 1 is 1.39 bits per heavy atom. The molecule has 1 heterocycles. The van der Waals surface area contributed by atoms with Crippen molar-refractivity contribution in [3.63, 3.8) is 0 Å². The van der Waals surface area contributed by atoms with Crippen LogP contribution in [-0.4, -0.2) is 48.1 Å². The minimum absolute atomic E-state index is 0.307. The van der Waals surface area contributed by atoms with Crippen LogP contribution in [0.5, 0.6) is 0 Å². The summed E-state index contributed by atoms with van der Waals surface area (Å²) in [4.78, 5) is 2.73. The van der Waals surface area contributed by atoms with Gasteiger partial charge >= 0.3 is 0 Å². The van der Waals surface area contributed by atoms with Gasteiger partial charge in [0.1, 0.15) is 0 Å². The second-order valence-corrected chi connectivity index (χ2v) is 7.98. The minimum atomic E-state index is 0.307. The van der Waals surface area contributed by atoms with Gasteiger partial charge in [0.25, 0.3) is 0 Å². The summed E-state index contributed by atoms with van der Waals surface area (Å²) >= 11 is 1.96. The maximum absolute atomic E-state index is 3.78. The van der Waals surface area contributed by atoms with Crippen LogP contribution >= 0.6 is 11.8 Å². The molecule has 3 heteroatoms. The molecule has 18 heavy (non-hydrogen) atoms. The molecular weight excluding hydrogens is 240 g/mol. The van der Waals surface area contributed by atoms with E-state index in [0.29, 0.717) is 17.0 Å². The van der Waals surface area contributed by atoms with Crippen molar-refractivity contribution in [1.82, 2.24) is 10.2 Å². The Balaban J connectivity index is 2.67. The normalized spacial score (nSPS) is 30.7. The monoisotopic (exact) mass is 272 g/mol. The van der Waals surface area contributed by atoms with Crippen LogP contribution in [0.2, 0.25) is 0 Å². The molecule has 1 N–H and O–H groups in total. The van der Waals surface area contributed by atoms with E-state index in [1.807, 2.05) is 11.8 Å². The van der Waals surface area contributed by atoms with E-state index < -0.39 is 0 Å². The Morgan fingerprint density at radius 2 is 2.06 bits per heavy atom. The Labute approximate surface area is 118 Å². The zero-order valence-electron chi connectivity index (χ0n) is 13.2. The van der Waals surface area contributed by atoms with Gasteiger partial charge in [0, 0.05) is 24.7 Å². The highest BCUT2D eigenvalue weighted by atomic mass is 32.2. The van der Waals surface area contributed by atoms with Gasteiger partial charge in [-0.2, -0.15) is 11.8 Å². The van der Waals surface area contributed by atoms with Crippen molar-refractivity contribution >= 4 is 11.8 Å². The van der Waals surface area contributed by atoms with Crippen LogP contribution in [0.3, 0.4) is 0 Å². The minimum Gasteiger partial charge on any atom is -0.309 e. The van der Waals surface area contributed by atoms with E-state index in [1.165, 1.54) is 31.7 Å². The zero-order chi connectivity index (χ0) is 13.8. The van der Waals surface area contributed by atoms with Gasteiger partial charge in [0.15, 0.2) is 0 Å². The quantitative estimate of drug-likeness (QED) is 0.774. The predicted molar refractivity (Wildman–Crippen MR) is 84.5 cm³/mol. The molecule has 0 aromatic heterocycles. The molecule has 1 aliphatic rings. The smallest absolute Gasteiger partial charge is 0.0278 e. The molecule has 0 radical (unpaired) electrons. The van der Waals surface area contributed by atoms with Gasteiger partial charge in [-0.15, -0.1) is 0 Å². The van der Waals surface area contributed by atoms with Crippen LogP contribution in [-0.2, 0) is 0 Å². The SMILES string of the molecule is CCC1(C)CN(CCCSC)C(C(C)(C)C)CN1. The molecule has 0 aromatic rings. The van der Waals surface area contributed by atoms with Crippen LogP contribution in [0, 0.1) is 5.41 Å². The lowest BCUT2D eigenvalue weighted by Crippen LogP contribution is -2.65. The summed E-state index contributed by atoms with van der Waals surface area (Å²) in [6.07, 6.45) is 4.73. The highest BCUT2D eigenvalue weighted by molar-refractivity contribution is 7.98. The summed E-state index contributed by atoms with van der Waals surface area (Å²) in [6.45, 7) is 15.4. The summed E-state index contributed by atoms with van der Waals surface area (Å²) in [6, 6.07) is 0.666. The molecule has 2 unspecified atom stereocenters. The molecule has 2 atom stereocenters. The van der Waals surface area contributed by atoms with E-state index in [9.17, 15) is 0 Å². The Kier molecular flexibility index (Phi) is 6.01. The van der Waals surface area contributed by atoms with E-state index in [4.69, 9.17) is 0 Å². The van der Waals surface area contributed by atoms with E-state index in [-0.39, 0.29) is 0 Å². The van der Waals surface area contributed by atoms with Crippen LogP contribution < -0.4 is 5.32 Å². The van der Waals surface area contributed by atoms with Gasteiger partial charge in [-0.25, -0.2) is 0 Å². The summed E-state index contributed by atoms with van der Waals surface area (Å²) in [5.41, 5.74) is 0.669. The Morgan fingerprint density at radius 3 is 2.56 bits per heavy atom. The van der Waals surface area contributed by atoms with Gasteiger partial charge < -0.3 is 5.32 Å². The molecule has 0 saturated carbocycles. The molecule has 1 saturated heterocycles. The first-order valence-electron chi connectivity index (χ1n) is 7.30. The first-order chi connectivity index (χ1) is 8.32. The predicted octanol–water partition coefficient (Wildman–Crippen LogP) is 3.23. The molecular formula is C15H32N2S. The first kappa shape index (κ1) is 16.3. The van der Waals surface area contributed by atoms with E-state index in [1.54, 1.807) is 0 Å². The molecule has 2 nitrogen and oxygen atoms in total. The van der Waals surface area contributed by atoms with Crippen LogP contribution in [0.4, 0.5) is 0 Å². The largest absolute Gasteiger partial charge is 0.309 e. The molecule has 0 amide bonds. The molecule has 1 rings (SSSR count). The number of hydrogen-bond acceptors (Lipinski definition) is 3. The maximum Gasteiger partial charge on any atom is 0.0278 e. The third-order valence-electron chi connectivity index (χ3n) is 4.29. The molecule has 1 fully saturated rings. The summed E-state index contributed by atoms with van der Waals surface area (Å²) < 4.78 is 0. The number of hydrogen-bond donors (Lipinski definition) is 1. The van der Waals surface area contributed by atoms with Crippen molar-refractivity contribution in [1.29, 1.82) is 0 Å². The van der Waals surface area contributed by atoms with Crippen LogP contribution in [0.1, 0.15) is 47.5 Å². The van der Waals surface area contributed by atoms with E-state index in [2.05, 4.69) is 51.1 Å². The van der Waals surface area contributed by atoms with Crippen LogP contribution in [0.25, 0.3) is 0 Å². The van der Waals surface area contributed by atoms with Gasteiger partial charge in [0.2, 0.25) is 0 Å². The van der Waals surface area contributed by atoms with E-state index >= 15 is 0 Å². The molecule has 0 spiro atoms. The summed E-state index contributed by atoms with van der Waals surface area (Å²) in [5.74, 6) is 1.28. The Bertz CT molecular complexity index is 249. The van der Waals surface area contributed by atoms with Crippen molar-refractivity contribution in [2.45, 2.75) is 59.0 Å². The van der Waals surface area contributed by atoms with Crippen molar-refractivity contribution in [2.75, 3.05) is 31.6 Å². The van der Waals surface area contributed by atoms with Gasteiger partial charge in [-0.1, -0.05) is 27.7 Å². The highest BCUT2D eigenvalue weighted by Crippen LogP contribution is 2.30. The molecule has 1 aliphatic heterocycles. The average Bonchev–Trinajstić information content (AvgIpc) is 2.28. The van der Waals surface area contributed by atoms with Crippen molar-refractivity contribution in [3.05, 3.63) is 0 Å². The Hall–Kier alpha value is 0.270. The van der Waals surface area contributed by atoms with Gasteiger partial charge in [-0.05, 0) is 43.7 Å². The third-order valence-corrected chi connectivity index (χ3v) is 4.99. The highest BCUT2D eigenvalue weighted by Gasteiger charge is 2.39. The maximum atomic E-state index is 3.78. The number of nitrogens with one attached hydrogen (secondary N) is 1. The molecule has 0 bridgehead atoms. The fourth-order valence-electron chi connectivity index (χ4n) is 2.82. The lowest BCUT2D eigenvalue weighted by molar-refractivity contribution is 0.0267. The van der Waals surface area contributed by atoms with Crippen molar-refractivity contribution in [3.8, 4) is 0 Å². The lowest BCUT2D eigenvalue weighted by atomic mass is 9.81. The standard InChI is InChI=1S/C15H32N2S/c1-7-15(5)12-17(9-8-10-18-6)13(11-16-15)14(2,3)4/h13,16H,7-12H2,1-6H3. The summed E-state index contributed by atoms with van der Waals surface area (Å²) in [5, 5.41) is 3.78. The van der Waals surface area contributed by atoms with Crippen LogP contribution in [0.15, 0.2) is 0 Å². The molecule has 0 aliphatic carbocycles. The molecule has 0 aromatic carbocycles. The average molecular weight is 273 g/mol. The van der Waals surface area contributed by atoms with Gasteiger partial charge in [0.05, 0.1) is 0 Å². The lowest BCUT2D eigenvalue weighted by Gasteiger charge is -2.50.